The largest absolute Gasteiger partial charge is 0.368 e. The van der Waals surface area contributed by atoms with E-state index >= 15 is 0 Å². The Morgan fingerprint density at radius 3 is 2.64 bits per heavy atom. The van der Waals surface area contributed by atoms with Gasteiger partial charge in [-0.1, -0.05) is 18.2 Å². The highest BCUT2D eigenvalue weighted by atomic mass is 16.6. The molecule has 1 atom stereocenters. The molecule has 1 heterocycles. The lowest BCUT2D eigenvalue weighted by atomic mass is 10.0. The first-order chi connectivity index (χ1) is 6.70. The number of carbonyl (C=O) groups is 1. The van der Waals surface area contributed by atoms with E-state index < -0.39 is 0 Å². The molecule has 0 bridgehead atoms. The summed E-state index contributed by atoms with van der Waals surface area (Å²) in [5, 5.41) is 0. The summed E-state index contributed by atoms with van der Waals surface area (Å²) in [7, 11) is 3.51. The third-order valence-electron chi connectivity index (χ3n) is 2.28. The van der Waals surface area contributed by atoms with Gasteiger partial charge in [-0.25, -0.2) is 0 Å². The minimum Gasteiger partial charge on any atom is -0.368 e. The zero-order valence-electron chi connectivity index (χ0n) is 8.36. The normalized spacial score (nSPS) is 19.1. The Hall–Kier alpha value is -1.35. The first-order valence-corrected chi connectivity index (χ1v) is 4.62. The molecule has 0 saturated carbocycles. The van der Waals surface area contributed by atoms with Crippen molar-refractivity contribution >= 4 is 5.91 Å². The summed E-state index contributed by atoms with van der Waals surface area (Å²) in [6.07, 6.45) is 0.134. The van der Waals surface area contributed by atoms with Gasteiger partial charge in [0.25, 0.3) is 5.91 Å². The van der Waals surface area contributed by atoms with Gasteiger partial charge in [-0.3, -0.25) is 4.79 Å². The molecule has 0 aliphatic carbocycles. The molecular weight excluding hydrogens is 178 g/mol. The van der Waals surface area contributed by atoms with Gasteiger partial charge >= 0.3 is 0 Å². The number of epoxide rings is 1. The molecule has 1 unspecified atom stereocenters. The van der Waals surface area contributed by atoms with E-state index in [1.807, 2.05) is 24.3 Å². The van der Waals surface area contributed by atoms with Crippen LogP contribution in [0.25, 0.3) is 0 Å². The van der Waals surface area contributed by atoms with Crippen LogP contribution in [0.3, 0.4) is 0 Å². The summed E-state index contributed by atoms with van der Waals surface area (Å²) in [5.41, 5.74) is 1.76. The molecule has 2 rings (SSSR count). The van der Waals surface area contributed by atoms with Crippen LogP contribution in [0.1, 0.15) is 22.0 Å². The van der Waals surface area contributed by atoms with Crippen LogP contribution in [-0.2, 0) is 4.74 Å². The molecule has 3 nitrogen and oxygen atoms in total. The molecule has 3 heteroatoms. The van der Waals surface area contributed by atoms with Gasteiger partial charge in [0, 0.05) is 19.7 Å². The van der Waals surface area contributed by atoms with E-state index in [-0.39, 0.29) is 12.0 Å². The summed E-state index contributed by atoms with van der Waals surface area (Å²) in [4.78, 5) is 13.4. The third kappa shape index (κ3) is 1.63. The molecular formula is C11H13NO2. The molecule has 1 fully saturated rings. The lowest BCUT2D eigenvalue weighted by molar-refractivity contribution is 0.0826. The summed E-state index contributed by atoms with van der Waals surface area (Å²) in [5.74, 6) is 0.0381. The Balaban J connectivity index is 2.36. The topological polar surface area (TPSA) is 32.8 Å². The second-order valence-corrected chi connectivity index (χ2v) is 3.61. The minimum absolute atomic E-state index is 0.0381. The Morgan fingerprint density at radius 2 is 2.07 bits per heavy atom. The van der Waals surface area contributed by atoms with Gasteiger partial charge in [0.05, 0.1) is 6.61 Å². The van der Waals surface area contributed by atoms with Gasteiger partial charge in [-0.05, 0) is 11.6 Å². The predicted molar refractivity (Wildman–Crippen MR) is 53.2 cm³/mol. The maximum atomic E-state index is 11.8. The van der Waals surface area contributed by atoms with Crippen LogP contribution in [0.5, 0.6) is 0 Å². The lowest BCUT2D eigenvalue weighted by Gasteiger charge is -2.12. The number of benzene rings is 1. The Labute approximate surface area is 83.3 Å². The van der Waals surface area contributed by atoms with Gasteiger partial charge in [0.15, 0.2) is 0 Å². The average molecular weight is 191 g/mol. The Bertz CT molecular complexity index is 356. The van der Waals surface area contributed by atoms with E-state index in [0.29, 0.717) is 0 Å². The number of amides is 1. The molecule has 74 valence electrons. The molecule has 0 aromatic heterocycles. The molecule has 0 N–H and O–H groups in total. The molecule has 1 aliphatic heterocycles. The SMILES string of the molecule is CN(C)C(=O)c1ccccc1C1CO1. The number of ether oxygens (including phenoxy) is 1. The van der Waals surface area contributed by atoms with Crippen molar-refractivity contribution in [3.05, 3.63) is 35.4 Å². The van der Waals surface area contributed by atoms with Crippen molar-refractivity contribution in [3.63, 3.8) is 0 Å². The van der Waals surface area contributed by atoms with E-state index in [1.54, 1.807) is 19.0 Å². The van der Waals surface area contributed by atoms with Crippen LogP contribution in [0.15, 0.2) is 24.3 Å². The van der Waals surface area contributed by atoms with E-state index in [9.17, 15) is 4.79 Å². The molecule has 1 saturated heterocycles. The van der Waals surface area contributed by atoms with Crippen molar-refractivity contribution in [2.45, 2.75) is 6.10 Å². The molecule has 0 radical (unpaired) electrons. The van der Waals surface area contributed by atoms with Crippen LogP contribution in [0.4, 0.5) is 0 Å². The van der Waals surface area contributed by atoms with Crippen molar-refractivity contribution in [1.29, 1.82) is 0 Å². The quantitative estimate of drug-likeness (QED) is 0.663. The van der Waals surface area contributed by atoms with E-state index in [0.717, 1.165) is 17.7 Å². The van der Waals surface area contributed by atoms with Crippen LogP contribution >= 0.6 is 0 Å². The predicted octanol–water partition coefficient (Wildman–Crippen LogP) is 1.46. The third-order valence-corrected chi connectivity index (χ3v) is 2.28. The Morgan fingerprint density at radius 1 is 1.43 bits per heavy atom. The number of nitrogens with zero attached hydrogens (tertiary/aromatic N) is 1. The highest BCUT2D eigenvalue weighted by Crippen LogP contribution is 2.32. The second-order valence-electron chi connectivity index (χ2n) is 3.61. The highest BCUT2D eigenvalue weighted by Gasteiger charge is 2.29. The van der Waals surface area contributed by atoms with Crippen molar-refractivity contribution < 1.29 is 9.53 Å². The van der Waals surface area contributed by atoms with Gasteiger partial charge in [0.1, 0.15) is 6.10 Å². The fourth-order valence-electron chi connectivity index (χ4n) is 1.44. The van der Waals surface area contributed by atoms with E-state index in [2.05, 4.69) is 0 Å². The molecule has 1 amide bonds. The van der Waals surface area contributed by atoms with Crippen molar-refractivity contribution in [2.75, 3.05) is 20.7 Å². The lowest BCUT2D eigenvalue weighted by Crippen LogP contribution is -2.22. The van der Waals surface area contributed by atoms with Crippen LogP contribution < -0.4 is 0 Å². The number of hydrogen-bond acceptors (Lipinski definition) is 2. The molecule has 0 spiro atoms. The fourth-order valence-corrected chi connectivity index (χ4v) is 1.44. The van der Waals surface area contributed by atoms with Gasteiger partial charge in [-0.2, -0.15) is 0 Å². The van der Waals surface area contributed by atoms with Crippen LogP contribution in [0.2, 0.25) is 0 Å². The summed E-state index contributed by atoms with van der Waals surface area (Å²) < 4.78 is 5.19. The summed E-state index contributed by atoms with van der Waals surface area (Å²) in [6.45, 7) is 0.734. The highest BCUT2D eigenvalue weighted by molar-refractivity contribution is 5.95. The fraction of sp³-hybridized carbons (Fsp3) is 0.364. The monoisotopic (exact) mass is 191 g/mol. The van der Waals surface area contributed by atoms with Crippen LogP contribution in [0, 0.1) is 0 Å². The molecule has 1 aromatic rings. The van der Waals surface area contributed by atoms with E-state index in [1.165, 1.54) is 0 Å². The van der Waals surface area contributed by atoms with Crippen molar-refractivity contribution in [1.82, 2.24) is 4.90 Å². The maximum absolute atomic E-state index is 11.8. The zero-order chi connectivity index (χ0) is 10.1. The van der Waals surface area contributed by atoms with E-state index in [4.69, 9.17) is 4.74 Å². The Kier molecular flexibility index (Phi) is 2.25. The molecule has 14 heavy (non-hydrogen) atoms. The van der Waals surface area contributed by atoms with Gasteiger partial charge in [-0.15, -0.1) is 0 Å². The van der Waals surface area contributed by atoms with Crippen LogP contribution in [-0.4, -0.2) is 31.5 Å². The second kappa shape index (κ2) is 3.42. The standard InChI is InChI=1S/C11H13NO2/c1-12(2)11(13)9-6-4-3-5-8(9)10-7-14-10/h3-6,10H,7H2,1-2H3. The number of carbonyl (C=O) groups excluding carboxylic acids is 1. The maximum Gasteiger partial charge on any atom is 0.253 e. The molecule has 1 aliphatic rings. The van der Waals surface area contributed by atoms with Gasteiger partial charge in [0.2, 0.25) is 0 Å². The summed E-state index contributed by atoms with van der Waals surface area (Å²) in [6, 6.07) is 7.61. The first-order valence-electron chi connectivity index (χ1n) is 4.62. The average Bonchev–Trinajstić information content (AvgIpc) is 3.00. The number of rotatable bonds is 2. The first kappa shape index (κ1) is 9.21. The zero-order valence-corrected chi connectivity index (χ0v) is 8.36. The molecule has 1 aromatic carbocycles. The smallest absolute Gasteiger partial charge is 0.253 e. The number of hydrogen-bond donors (Lipinski definition) is 0. The van der Waals surface area contributed by atoms with Crippen molar-refractivity contribution in [2.24, 2.45) is 0 Å². The van der Waals surface area contributed by atoms with Gasteiger partial charge < -0.3 is 9.64 Å². The van der Waals surface area contributed by atoms with Crippen molar-refractivity contribution in [3.8, 4) is 0 Å². The summed E-state index contributed by atoms with van der Waals surface area (Å²) >= 11 is 0. The minimum atomic E-state index is 0.0381.